The second-order valence-corrected chi connectivity index (χ2v) is 5.46. The van der Waals surface area contributed by atoms with Gasteiger partial charge in [-0.05, 0) is 36.8 Å². The summed E-state index contributed by atoms with van der Waals surface area (Å²) in [6, 6.07) is 10.5. The highest BCUT2D eigenvalue weighted by atomic mass is 16.3. The fraction of sp³-hybridized carbons (Fsp3) is 0.600. The minimum Gasteiger partial charge on any atom is -0.395 e. The second kappa shape index (κ2) is 6.32. The van der Waals surface area contributed by atoms with Crippen LogP contribution in [0.3, 0.4) is 0 Å². The zero-order valence-corrected chi connectivity index (χ0v) is 11.0. The Morgan fingerprint density at radius 1 is 1.22 bits per heavy atom. The zero-order chi connectivity index (χ0) is 12.8. The summed E-state index contributed by atoms with van der Waals surface area (Å²) in [5.74, 6) is 0. The van der Waals surface area contributed by atoms with Crippen LogP contribution < -0.4 is 5.73 Å². The van der Waals surface area contributed by atoms with Gasteiger partial charge < -0.3 is 10.8 Å². The molecule has 0 aromatic heterocycles. The van der Waals surface area contributed by atoms with Gasteiger partial charge in [0.25, 0.3) is 0 Å². The van der Waals surface area contributed by atoms with E-state index in [-0.39, 0.29) is 6.61 Å². The van der Waals surface area contributed by atoms with Crippen molar-refractivity contribution < 1.29 is 5.11 Å². The Balaban J connectivity index is 1.92. The van der Waals surface area contributed by atoms with Crippen molar-refractivity contribution in [1.29, 1.82) is 0 Å². The van der Waals surface area contributed by atoms with E-state index in [1.807, 2.05) is 6.07 Å². The molecule has 1 aliphatic rings. The van der Waals surface area contributed by atoms with Crippen molar-refractivity contribution >= 4 is 0 Å². The summed E-state index contributed by atoms with van der Waals surface area (Å²) in [5.41, 5.74) is 7.45. The number of aliphatic hydroxyl groups excluding tert-OH is 1. The molecule has 1 aliphatic carbocycles. The summed E-state index contributed by atoms with van der Waals surface area (Å²) in [6.07, 6.45) is 3.70. The number of nitrogens with two attached hydrogens (primary N) is 1. The highest BCUT2D eigenvalue weighted by Crippen LogP contribution is 2.49. The van der Waals surface area contributed by atoms with Crippen LogP contribution in [0.4, 0.5) is 0 Å². The molecule has 2 rings (SSSR count). The first-order valence-corrected chi connectivity index (χ1v) is 6.85. The van der Waals surface area contributed by atoms with Crippen molar-refractivity contribution in [3.8, 4) is 0 Å². The Morgan fingerprint density at radius 2 is 1.94 bits per heavy atom. The molecule has 0 unspecified atom stereocenters. The molecule has 0 bridgehead atoms. The molecule has 0 saturated heterocycles. The monoisotopic (exact) mass is 248 g/mol. The maximum Gasteiger partial charge on any atom is 0.0558 e. The van der Waals surface area contributed by atoms with E-state index in [0.717, 1.165) is 32.6 Å². The largest absolute Gasteiger partial charge is 0.395 e. The van der Waals surface area contributed by atoms with Gasteiger partial charge in [0.15, 0.2) is 0 Å². The molecule has 0 heterocycles. The van der Waals surface area contributed by atoms with Gasteiger partial charge in [0, 0.05) is 19.6 Å². The molecule has 0 atom stereocenters. The summed E-state index contributed by atoms with van der Waals surface area (Å²) in [4.78, 5) is 2.36. The standard InChI is InChI=1S/C15H24N2O/c16-9-8-15(6-7-15)13-17(10-11-18)12-14-4-2-1-3-5-14/h1-5,18H,6-13,16H2. The van der Waals surface area contributed by atoms with Crippen LogP contribution in [0.2, 0.25) is 0 Å². The predicted octanol–water partition coefficient (Wildman–Crippen LogP) is 1.61. The van der Waals surface area contributed by atoms with Crippen LogP contribution in [0.25, 0.3) is 0 Å². The zero-order valence-electron chi connectivity index (χ0n) is 11.0. The highest BCUT2D eigenvalue weighted by Gasteiger charge is 2.42. The maximum absolute atomic E-state index is 9.20. The molecule has 0 amide bonds. The van der Waals surface area contributed by atoms with Gasteiger partial charge >= 0.3 is 0 Å². The molecule has 3 heteroatoms. The molecular weight excluding hydrogens is 224 g/mol. The molecular formula is C15H24N2O. The van der Waals surface area contributed by atoms with Gasteiger partial charge in [0.2, 0.25) is 0 Å². The Bertz CT molecular complexity index is 349. The average Bonchev–Trinajstić information content (AvgIpc) is 3.11. The number of hydrogen-bond acceptors (Lipinski definition) is 3. The first-order chi connectivity index (χ1) is 8.78. The van der Waals surface area contributed by atoms with E-state index in [4.69, 9.17) is 5.73 Å². The van der Waals surface area contributed by atoms with Gasteiger partial charge in [-0.15, -0.1) is 0 Å². The van der Waals surface area contributed by atoms with Crippen molar-refractivity contribution in [2.45, 2.75) is 25.8 Å². The van der Waals surface area contributed by atoms with E-state index in [9.17, 15) is 5.11 Å². The Kier molecular flexibility index (Phi) is 4.75. The maximum atomic E-state index is 9.20. The highest BCUT2D eigenvalue weighted by molar-refractivity contribution is 5.14. The van der Waals surface area contributed by atoms with E-state index >= 15 is 0 Å². The lowest BCUT2D eigenvalue weighted by molar-refractivity contribution is 0.159. The molecule has 3 N–H and O–H groups in total. The first-order valence-electron chi connectivity index (χ1n) is 6.85. The van der Waals surface area contributed by atoms with Gasteiger partial charge in [0.1, 0.15) is 0 Å². The summed E-state index contributed by atoms with van der Waals surface area (Å²) in [7, 11) is 0. The molecule has 0 spiro atoms. The lowest BCUT2D eigenvalue weighted by atomic mass is 10.0. The Labute approximate surface area is 110 Å². The number of rotatable bonds is 8. The minimum atomic E-state index is 0.228. The van der Waals surface area contributed by atoms with Crippen LogP contribution in [0.15, 0.2) is 30.3 Å². The molecule has 0 aliphatic heterocycles. The van der Waals surface area contributed by atoms with Gasteiger partial charge in [-0.1, -0.05) is 30.3 Å². The predicted molar refractivity (Wildman–Crippen MR) is 74.1 cm³/mol. The van der Waals surface area contributed by atoms with Crippen LogP contribution in [-0.2, 0) is 6.54 Å². The number of hydrogen-bond donors (Lipinski definition) is 2. The van der Waals surface area contributed by atoms with Crippen LogP contribution in [-0.4, -0.2) is 36.2 Å². The molecule has 1 saturated carbocycles. The van der Waals surface area contributed by atoms with E-state index in [2.05, 4.69) is 29.2 Å². The first kappa shape index (κ1) is 13.5. The summed E-state index contributed by atoms with van der Waals surface area (Å²) >= 11 is 0. The van der Waals surface area contributed by atoms with Crippen LogP contribution >= 0.6 is 0 Å². The molecule has 100 valence electrons. The van der Waals surface area contributed by atoms with Crippen molar-refractivity contribution in [2.75, 3.05) is 26.2 Å². The smallest absolute Gasteiger partial charge is 0.0558 e. The van der Waals surface area contributed by atoms with Crippen molar-refractivity contribution in [1.82, 2.24) is 4.90 Å². The van der Waals surface area contributed by atoms with E-state index in [1.165, 1.54) is 18.4 Å². The van der Waals surface area contributed by atoms with Crippen LogP contribution in [0.5, 0.6) is 0 Å². The molecule has 1 fully saturated rings. The second-order valence-electron chi connectivity index (χ2n) is 5.46. The third kappa shape index (κ3) is 3.80. The summed E-state index contributed by atoms with van der Waals surface area (Å²) in [5, 5.41) is 9.20. The molecule has 3 nitrogen and oxygen atoms in total. The molecule has 1 aromatic carbocycles. The van der Waals surface area contributed by atoms with E-state index in [0.29, 0.717) is 5.41 Å². The molecule has 18 heavy (non-hydrogen) atoms. The number of aliphatic hydroxyl groups is 1. The fourth-order valence-electron chi connectivity index (χ4n) is 2.64. The summed E-state index contributed by atoms with van der Waals surface area (Å²) in [6.45, 7) is 3.75. The quantitative estimate of drug-likeness (QED) is 0.735. The van der Waals surface area contributed by atoms with Gasteiger partial charge in [0.05, 0.1) is 6.61 Å². The normalized spacial score (nSPS) is 17.1. The lowest BCUT2D eigenvalue weighted by Gasteiger charge is -2.26. The lowest BCUT2D eigenvalue weighted by Crippen LogP contribution is -2.33. The van der Waals surface area contributed by atoms with E-state index < -0.39 is 0 Å². The van der Waals surface area contributed by atoms with Crippen LogP contribution in [0, 0.1) is 5.41 Å². The van der Waals surface area contributed by atoms with Gasteiger partial charge in [-0.2, -0.15) is 0 Å². The minimum absolute atomic E-state index is 0.228. The fourth-order valence-corrected chi connectivity index (χ4v) is 2.64. The number of nitrogens with zero attached hydrogens (tertiary/aromatic N) is 1. The van der Waals surface area contributed by atoms with Crippen LogP contribution in [0.1, 0.15) is 24.8 Å². The van der Waals surface area contributed by atoms with Gasteiger partial charge in [-0.25, -0.2) is 0 Å². The number of benzene rings is 1. The topological polar surface area (TPSA) is 49.5 Å². The molecule has 0 radical (unpaired) electrons. The SMILES string of the molecule is NCCC1(CN(CCO)Cc2ccccc2)CC1. The summed E-state index contributed by atoms with van der Waals surface area (Å²) < 4.78 is 0. The molecule has 1 aromatic rings. The van der Waals surface area contributed by atoms with Gasteiger partial charge in [-0.3, -0.25) is 4.90 Å². The third-order valence-corrected chi connectivity index (χ3v) is 3.86. The Morgan fingerprint density at radius 3 is 2.50 bits per heavy atom. The van der Waals surface area contributed by atoms with Crippen molar-refractivity contribution in [3.05, 3.63) is 35.9 Å². The van der Waals surface area contributed by atoms with Crippen molar-refractivity contribution in [2.24, 2.45) is 11.1 Å². The third-order valence-electron chi connectivity index (χ3n) is 3.86. The van der Waals surface area contributed by atoms with E-state index in [1.54, 1.807) is 0 Å². The van der Waals surface area contributed by atoms with Crippen molar-refractivity contribution in [3.63, 3.8) is 0 Å². The Hall–Kier alpha value is -0.900. The average molecular weight is 248 g/mol.